The Bertz CT molecular complexity index is 379. The van der Waals surface area contributed by atoms with E-state index in [1.165, 1.54) is 18.2 Å². The molecule has 1 rings (SSSR count). The maximum atomic E-state index is 10.8. The second kappa shape index (κ2) is 3.12. The summed E-state index contributed by atoms with van der Waals surface area (Å²) in [7, 11) is 1.02. The molecule has 66 valence electrons. The molecule has 0 atom stereocenters. The van der Waals surface area contributed by atoms with Crippen LogP contribution in [-0.4, -0.2) is 13.5 Å². The molecule has 12 heavy (non-hydrogen) atoms. The van der Waals surface area contributed by atoms with Crippen LogP contribution in [0.3, 0.4) is 0 Å². The van der Waals surface area contributed by atoms with E-state index in [4.69, 9.17) is 27.4 Å². The fraction of sp³-hybridized carbons (Fsp3) is 0. The van der Waals surface area contributed by atoms with E-state index < -0.39 is 19.7 Å². The summed E-state index contributed by atoms with van der Waals surface area (Å²) in [4.78, 5) is -0.451. The summed E-state index contributed by atoms with van der Waals surface area (Å²) in [6, 6.07) is 3.95. The van der Waals surface area contributed by atoms with Crippen LogP contribution >= 0.6 is 22.3 Å². The van der Waals surface area contributed by atoms with Crippen molar-refractivity contribution < 1.29 is 13.5 Å². The highest BCUT2D eigenvalue weighted by Gasteiger charge is 2.18. The second-order valence-electron chi connectivity index (χ2n) is 2.03. The van der Waals surface area contributed by atoms with Crippen LogP contribution in [-0.2, 0) is 9.05 Å². The van der Waals surface area contributed by atoms with Gasteiger partial charge in [-0.1, -0.05) is 17.7 Å². The van der Waals surface area contributed by atoms with Crippen LogP contribution in [0.5, 0.6) is 5.75 Å². The Morgan fingerprint density at radius 3 is 2.25 bits per heavy atom. The Morgan fingerprint density at radius 1 is 1.33 bits per heavy atom. The van der Waals surface area contributed by atoms with E-state index in [2.05, 4.69) is 0 Å². The second-order valence-corrected chi connectivity index (χ2v) is 4.94. The van der Waals surface area contributed by atoms with Crippen molar-refractivity contribution in [1.29, 1.82) is 0 Å². The number of phenols is 1. The lowest BCUT2D eigenvalue weighted by Gasteiger charge is -2.01. The highest BCUT2D eigenvalue weighted by Crippen LogP contribution is 2.32. The maximum absolute atomic E-state index is 10.8. The van der Waals surface area contributed by atoms with Crippen molar-refractivity contribution in [3.8, 4) is 5.75 Å². The fourth-order valence-electron chi connectivity index (χ4n) is 0.739. The molecule has 0 saturated carbocycles. The Balaban J connectivity index is 3.53. The van der Waals surface area contributed by atoms with Crippen molar-refractivity contribution in [2.45, 2.75) is 4.90 Å². The van der Waals surface area contributed by atoms with Crippen molar-refractivity contribution in [2.75, 3.05) is 0 Å². The summed E-state index contributed by atoms with van der Waals surface area (Å²) in [6.07, 6.45) is 0. The van der Waals surface area contributed by atoms with Crippen molar-refractivity contribution in [1.82, 2.24) is 0 Å². The SMILES string of the molecule is O=S(=O)(Cl)c1c(O)cccc1Cl. The summed E-state index contributed by atoms with van der Waals surface area (Å²) in [6.45, 7) is 0. The molecule has 0 fully saturated rings. The van der Waals surface area contributed by atoms with Gasteiger partial charge in [0.1, 0.15) is 10.6 Å². The minimum atomic E-state index is -3.97. The van der Waals surface area contributed by atoms with Gasteiger partial charge in [0.15, 0.2) is 0 Å². The van der Waals surface area contributed by atoms with Crippen molar-refractivity contribution in [3.05, 3.63) is 23.2 Å². The number of hydrogen-bond acceptors (Lipinski definition) is 3. The fourth-order valence-corrected chi connectivity index (χ4v) is 2.44. The molecule has 0 radical (unpaired) electrons. The van der Waals surface area contributed by atoms with Crippen LogP contribution in [0.25, 0.3) is 0 Å². The first-order valence-corrected chi connectivity index (χ1v) is 5.54. The van der Waals surface area contributed by atoms with Gasteiger partial charge in [0.2, 0.25) is 0 Å². The molecule has 0 spiro atoms. The maximum Gasteiger partial charge on any atom is 0.266 e. The van der Waals surface area contributed by atoms with Gasteiger partial charge in [0.25, 0.3) is 9.05 Å². The Morgan fingerprint density at radius 2 is 1.92 bits per heavy atom. The van der Waals surface area contributed by atoms with Gasteiger partial charge in [-0.25, -0.2) is 8.42 Å². The standard InChI is InChI=1S/C6H4Cl2O3S/c7-4-2-1-3-5(9)6(4)12(8,10)11/h1-3,9H. The van der Waals surface area contributed by atoms with E-state index in [0.29, 0.717) is 0 Å². The lowest BCUT2D eigenvalue weighted by molar-refractivity contribution is 0.460. The average molecular weight is 227 g/mol. The third kappa shape index (κ3) is 1.83. The van der Waals surface area contributed by atoms with Crippen LogP contribution < -0.4 is 0 Å². The van der Waals surface area contributed by atoms with Gasteiger partial charge in [0.05, 0.1) is 5.02 Å². The topological polar surface area (TPSA) is 54.4 Å². The molecule has 1 N–H and O–H groups in total. The molecule has 0 amide bonds. The van der Waals surface area contributed by atoms with Gasteiger partial charge in [-0.15, -0.1) is 0 Å². The van der Waals surface area contributed by atoms with E-state index in [9.17, 15) is 8.42 Å². The zero-order valence-corrected chi connectivity index (χ0v) is 7.99. The molecular weight excluding hydrogens is 223 g/mol. The molecule has 0 aliphatic heterocycles. The van der Waals surface area contributed by atoms with Crippen LogP contribution in [0.1, 0.15) is 0 Å². The van der Waals surface area contributed by atoms with Crippen LogP contribution in [0.4, 0.5) is 0 Å². The number of benzene rings is 1. The van der Waals surface area contributed by atoms with Gasteiger partial charge in [-0.3, -0.25) is 0 Å². The molecule has 0 unspecified atom stereocenters. The molecule has 6 heteroatoms. The predicted molar refractivity (Wildman–Crippen MR) is 46.2 cm³/mol. The van der Waals surface area contributed by atoms with Crippen molar-refractivity contribution in [3.63, 3.8) is 0 Å². The van der Waals surface area contributed by atoms with E-state index in [0.717, 1.165) is 0 Å². The lowest BCUT2D eigenvalue weighted by Crippen LogP contribution is -1.91. The zero-order chi connectivity index (χ0) is 9.35. The first kappa shape index (κ1) is 9.64. The molecule has 0 heterocycles. The first-order chi connectivity index (χ1) is 5.43. The third-order valence-corrected chi connectivity index (χ3v) is 3.00. The summed E-state index contributed by atoms with van der Waals surface area (Å²) in [5.74, 6) is -0.447. The smallest absolute Gasteiger partial charge is 0.266 e. The number of rotatable bonds is 1. The normalized spacial score (nSPS) is 11.5. The average Bonchev–Trinajstić information content (AvgIpc) is 1.82. The van der Waals surface area contributed by atoms with Crippen molar-refractivity contribution >= 4 is 31.3 Å². The summed E-state index contributed by atoms with van der Waals surface area (Å²) in [5.41, 5.74) is 0. The molecule has 0 saturated heterocycles. The highest BCUT2D eigenvalue weighted by atomic mass is 35.7. The van der Waals surface area contributed by atoms with Gasteiger partial charge in [-0.05, 0) is 12.1 Å². The number of phenolic OH excluding ortho intramolecular Hbond substituents is 1. The summed E-state index contributed by atoms with van der Waals surface area (Å²) in [5, 5.41) is 8.99. The minimum absolute atomic E-state index is 0.0926. The van der Waals surface area contributed by atoms with Gasteiger partial charge in [0, 0.05) is 10.7 Å². The Hall–Kier alpha value is -0.450. The van der Waals surface area contributed by atoms with Gasteiger partial charge < -0.3 is 5.11 Å². The van der Waals surface area contributed by atoms with E-state index in [1.54, 1.807) is 0 Å². The minimum Gasteiger partial charge on any atom is -0.506 e. The van der Waals surface area contributed by atoms with Crippen LogP contribution in [0.2, 0.25) is 5.02 Å². The molecule has 3 nitrogen and oxygen atoms in total. The monoisotopic (exact) mass is 226 g/mol. The molecule has 0 bridgehead atoms. The van der Waals surface area contributed by atoms with Crippen molar-refractivity contribution in [2.24, 2.45) is 0 Å². The Kier molecular flexibility index (Phi) is 2.51. The molecule has 0 aliphatic rings. The van der Waals surface area contributed by atoms with Gasteiger partial charge in [-0.2, -0.15) is 0 Å². The van der Waals surface area contributed by atoms with Crippen LogP contribution in [0, 0.1) is 0 Å². The van der Waals surface area contributed by atoms with Crippen LogP contribution in [0.15, 0.2) is 23.1 Å². The summed E-state index contributed by atoms with van der Waals surface area (Å²) < 4.78 is 21.6. The van der Waals surface area contributed by atoms with E-state index in [1.807, 2.05) is 0 Å². The Labute approximate surface area is 79.0 Å². The zero-order valence-electron chi connectivity index (χ0n) is 5.66. The molecule has 1 aromatic rings. The number of halogens is 2. The summed E-state index contributed by atoms with van der Waals surface area (Å²) >= 11 is 5.49. The molecule has 1 aromatic carbocycles. The largest absolute Gasteiger partial charge is 0.506 e. The molecule has 0 aromatic heterocycles. The number of aromatic hydroxyl groups is 1. The van der Waals surface area contributed by atoms with E-state index in [-0.39, 0.29) is 5.02 Å². The first-order valence-electron chi connectivity index (χ1n) is 2.85. The molecule has 0 aliphatic carbocycles. The predicted octanol–water partition coefficient (Wildman–Crippen LogP) is 1.97. The highest BCUT2D eigenvalue weighted by molar-refractivity contribution is 8.13. The number of hydrogen-bond donors (Lipinski definition) is 1. The van der Waals surface area contributed by atoms with Gasteiger partial charge >= 0.3 is 0 Å². The third-order valence-electron chi connectivity index (χ3n) is 1.19. The van der Waals surface area contributed by atoms with E-state index >= 15 is 0 Å². The quantitative estimate of drug-likeness (QED) is 0.746. The lowest BCUT2D eigenvalue weighted by atomic mass is 10.3. The molecular formula is C6H4Cl2O3S.